The second kappa shape index (κ2) is 5.89. The molecule has 0 amide bonds. The van der Waals surface area contributed by atoms with Crippen LogP contribution in [0.25, 0.3) is 0 Å². The molecule has 1 aliphatic carbocycles. The number of hydrogen-bond acceptors (Lipinski definition) is 2. The van der Waals surface area contributed by atoms with Crippen molar-refractivity contribution in [1.82, 2.24) is 5.32 Å². The molecule has 98 valence electrons. The molecule has 0 radical (unpaired) electrons. The maximum Gasteiger partial charge on any atom is 0.0686 e. The molecule has 3 atom stereocenters. The van der Waals surface area contributed by atoms with Gasteiger partial charge in [0, 0.05) is 18.1 Å². The van der Waals surface area contributed by atoms with E-state index in [9.17, 15) is 0 Å². The fraction of sp³-hybridized carbons (Fsp3) is 0.867. The zero-order valence-electron chi connectivity index (χ0n) is 11.9. The number of ether oxygens (including phenoxy) is 1. The van der Waals surface area contributed by atoms with E-state index in [1.165, 1.54) is 0 Å². The van der Waals surface area contributed by atoms with E-state index in [1.807, 2.05) is 0 Å². The molecule has 1 N–H and O–H groups in total. The summed E-state index contributed by atoms with van der Waals surface area (Å²) in [6.07, 6.45) is 7.93. The fourth-order valence-electron chi connectivity index (χ4n) is 2.29. The molecule has 1 rings (SSSR count). The molecule has 0 aliphatic heterocycles. The smallest absolute Gasteiger partial charge is 0.0686 e. The number of hydrogen-bond donors (Lipinski definition) is 1. The Morgan fingerprint density at radius 1 is 1.47 bits per heavy atom. The Labute approximate surface area is 107 Å². The van der Waals surface area contributed by atoms with Crippen LogP contribution in [0.3, 0.4) is 0 Å². The van der Waals surface area contributed by atoms with Gasteiger partial charge in [0.1, 0.15) is 0 Å². The Hall–Kier alpha value is -0.520. The summed E-state index contributed by atoms with van der Waals surface area (Å²) in [6.45, 7) is 11.9. The van der Waals surface area contributed by atoms with Crippen LogP contribution in [-0.2, 0) is 4.74 Å². The van der Waals surface area contributed by atoms with E-state index in [1.54, 1.807) is 0 Å². The van der Waals surface area contributed by atoms with E-state index in [4.69, 9.17) is 11.2 Å². The van der Waals surface area contributed by atoms with Crippen LogP contribution in [0.5, 0.6) is 0 Å². The molecule has 0 bridgehead atoms. The summed E-state index contributed by atoms with van der Waals surface area (Å²) < 4.78 is 5.94. The Kier molecular flexibility index (Phi) is 5.04. The van der Waals surface area contributed by atoms with E-state index < -0.39 is 0 Å². The summed E-state index contributed by atoms with van der Waals surface area (Å²) >= 11 is 0. The second-order valence-corrected chi connectivity index (χ2v) is 6.12. The van der Waals surface area contributed by atoms with Gasteiger partial charge in [-0.2, -0.15) is 0 Å². The van der Waals surface area contributed by atoms with Gasteiger partial charge < -0.3 is 10.1 Å². The van der Waals surface area contributed by atoms with Gasteiger partial charge in [-0.1, -0.05) is 40.5 Å². The first-order valence-corrected chi connectivity index (χ1v) is 6.75. The van der Waals surface area contributed by atoms with Crippen molar-refractivity contribution in [2.75, 3.05) is 6.61 Å². The highest BCUT2D eigenvalue weighted by Crippen LogP contribution is 2.43. The number of terminal acetylenes is 1. The average molecular weight is 237 g/mol. The highest BCUT2D eigenvalue weighted by Gasteiger charge is 2.49. The molecule has 1 fully saturated rings. The van der Waals surface area contributed by atoms with Gasteiger partial charge in [-0.3, -0.25) is 0 Å². The highest BCUT2D eigenvalue weighted by molar-refractivity contribution is 5.08. The van der Waals surface area contributed by atoms with Crippen LogP contribution in [0.2, 0.25) is 0 Å². The summed E-state index contributed by atoms with van der Waals surface area (Å²) in [6, 6.07) is 0.686. The van der Waals surface area contributed by atoms with Crippen molar-refractivity contribution in [1.29, 1.82) is 0 Å². The topological polar surface area (TPSA) is 21.3 Å². The summed E-state index contributed by atoms with van der Waals surface area (Å²) in [5.74, 6) is 3.41. The molecule has 3 unspecified atom stereocenters. The van der Waals surface area contributed by atoms with Crippen LogP contribution in [0, 0.1) is 23.7 Å². The zero-order valence-corrected chi connectivity index (χ0v) is 11.9. The molecule has 0 heterocycles. The first-order valence-electron chi connectivity index (χ1n) is 6.75. The Bertz CT molecular complexity index is 277. The molecule has 0 aromatic rings. The van der Waals surface area contributed by atoms with Crippen LogP contribution in [0.1, 0.15) is 47.5 Å². The van der Waals surface area contributed by atoms with Gasteiger partial charge in [0.2, 0.25) is 0 Å². The minimum Gasteiger partial charge on any atom is -0.377 e. The number of nitrogens with one attached hydrogen (secondary N) is 1. The second-order valence-electron chi connectivity index (χ2n) is 6.12. The third kappa shape index (κ3) is 3.47. The monoisotopic (exact) mass is 237 g/mol. The zero-order chi connectivity index (χ0) is 13.1. The predicted molar refractivity (Wildman–Crippen MR) is 72.8 cm³/mol. The van der Waals surface area contributed by atoms with Gasteiger partial charge >= 0.3 is 0 Å². The Balaban J connectivity index is 2.41. The minimum absolute atomic E-state index is 0.194. The lowest BCUT2D eigenvalue weighted by Gasteiger charge is -2.52. The maximum absolute atomic E-state index is 5.94. The molecular formula is C15H27NO. The van der Waals surface area contributed by atoms with E-state index in [0.29, 0.717) is 18.1 Å². The largest absolute Gasteiger partial charge is 0.377 e. The third-order valence-corrected chi connectivity index (χ3v) is 3.82. The van der Waals surface area contributed by atoms with Gasteiger partial charge in [-0.15, -0.1) is 6.42 Å². The lowest BCUT2D eigenvalue weighted by atomic mass is 9.64. The molecule has 0 saturated heterocycles. The van der Waals surface area contributed by atoms with Crippen molar-refractivity contribution in [2.45, 2.75) is 65.6 Å². The molecule has 0 aromatic heterocycles. The Morgan fingerprint density at radius 3 is 2.53 bits per heavy atom. The van der Waals surface area contributed by atoms with E-state index in [-0.39, 0.29) is 11.5 Å². The number of rotatable bonds is 6. The molecule has 1 aliphatic rings. The molecule has 0 spiro atoms. The van der Waals surface area contributed by atoms with Gasteiger partial charge in [-0.05, 0) is 18.8 Å². The summed E-state index contributed by atoms with van der Waals surface area (Å²) in [5.41, 5.74) is 0.194. The van der Waals surface area contributed by atoms with E-state index >= 15 is 0 Å². The minimum atomic E-state index is 0.194. The van der Waals surface area contributed by atoms with Crippen molar-refractivity contribution in [3.8, 4) is 12.3 Å². The van der Waals surface area contributed by atoms with Crippen molar-refractivity contribution in [3.63, 3.8) is 0 Å². The quantitative estimate of drug-likeness (QED) is 0.717. The van der Waals surface area contributed by atoms with Crippen LogP contribution in [-0.4, -0.2) is 24.8 Å². The fourth-order valence-corrected chi connectivity index (χ4v) is 2.29. The van der Waals surface area contributed by atoms with E-state index in [0.717, 1.165) is 19.4 Å². The normalized spacial score (nSPS) is 28.5. The predicted octanol–water partition coefficient (Wildman–Crippen LogP) is 2.83. The van der Waals surface area contributed by atoms with Crippen LogP contribution in [0.4, 0.5) is 0 Å². The van der Waals surface area contributed by atoms with Gasteiger partial charge in [-0.25, -0.2) is 0 Å². The Morgan fingerprint density at radius 2 is 2.12 bits per heavy atom. The first-order chi connectivity index (χ1) is 7.91. The van der Waals surface area contributed by atoms with Gasteiger partial charge in [0.15, 0.2) is 0 Å². The molecule has 0 aromatic carbocycles. The SMILES string of the molecule is C#CC(CC)NC1CC(OCC(C)C)C1(C)C. The van der Waals surface area contributed by atoms with Crippen molar-refractivity contribution in [2.24, 2.45) is 11.3 Å². The highest BCUT2D eigenvalue weighted by atomic mass is 16.5. The summed E-state index contributed by atoms with van der Waals surface area (Å²) in [4.78, 5) is 0. The van der Waals surface area contributed by atoms with Crippen LogP contribution >= 0.6 is 0 Å². The summed E-state index contributed by atoms with van der Waals surface area (Å²) in [5, 5.41) is 3.54. The summed E-state index contributed by atoms with van der Waals surface area (Å²) in [7, 11) is 0. The average Bonchev–Trinajstić information content (AvgIpc) is 2.27. The van der Waals surface area contributed by atoms with Crippen molar-refractivity contribution in [3.05, 3.63) is 0 Å². The molecular weight excluding hydrogens is 210 g/mol. The van der Waals surface area contributed by atoms with Crippen molar-refractivity contribution >= 4 is 0 Å². The lowest BCUT2D eigenvalue weighted by Crippen LogP contribution is -2.62. The van der Waals surface area contributed by atoms with Gasteiger partial charge in [0.05, 0.1) is 12.1 Å². The molecule has 17 heavy (non-hydrogen) atoms. The van der Waals surface area contributed by atoms with Gasteiger partial charge in [0.25, 0.3) is 0 Å². The standard InChI is InChI=1S/C15H27NO/c1-7-12(8-2)16-13-9-14(15(13,5)6)17-10-11(3)4/h1,11-14,16H,8-10H2,2-6H3. The van der Waals surface area contributed by atoms with Crippen molar-refractivity contribution < 1.29 is 4.74 Å². The lowest BCUT2D eigenvalue weighted by molar-refractivity contribution is -0.124. The van der Waals surface area contributed by atoms with Crippen LogP contribution < -0.4 is 5.32 Å². The first kappa shape index (κ1) is 14.5. The third-order valence-electron chi connectivity index (χ3n) is 3.82. The maximum atomic E-state index is 5.94. The molecule has 1 saturated carbocycles. The van der Waals surface area contributed by atoms with E-state index in [2.05, 4.69) is 45.9 Å². The molecule has 2 nitrogen and oxygen atoms in total. The van der Waals surface area contributed by atoms with Crippen LogP contribution in [0.15, 0.2) is 0 Å². The molecule has 2 heteroatoms.